The van der Waals surface area contributed by atoms with Crippen molar-refractivity contribution in [2.24, 2.45) is 0 Å². The van der Waals surface area contributed by atoms with Crippen LogP contribution in [0.5, 0.6) is 0 Å². The molecule has 126 valence electrons. The maximum atomic E-state index is 4.40. The molecule has 2 aromatic carbocycles. The van der Waals surface area contributed by atoms with Gasteiger partial charge >= 0.3 is 0 Å². The monoisotopic (exact) mass is 374 g/mol. The molecular weight excluding hydrogens is 360 g/mol. The van der Waals surface area contributed by atoms with Crippen molar-refractivity contribution in [3.63, 3.8) is 0 Å². The van der Waals surface area contributed by atoms with E-state index in [4.69, 9.17) is 0 Å². The lowest BCUT2D eigenvalue weighted by Crippen LogP contribution is -1.90. The Bertz CT molecular complexity index is 1190. The van der Waals surface area contributed by atoms with Gasteiger partial charge < -0.3 is 0 Å². The third-order valence-corrected chi connectivity index (χ3v) is 6.08. The summed E-state index contributed by atoms with van der Waals surface area (Å²) in [6.07, 6.45) is 3.73. The van der Waals surface area contributed by atoms with Crippen molar-refractivity contribution in [1.82, 2.24) is 19.6 Å². The summed E-state index contributed by atoms with van der Waals surface area (Å²) in [7, 11) is 0. The van der Waals surface area contributed by atoms with Gasteiger partial charge in [0.05, 0.1) is 5.69 Å². The zero-order valence-corrected chi connectivity index (χ0v) is 15.4. The van der Waals surface area contributed by atoms with Gasteiger partial charge in [0, 0.05) is 28.9 Å². The number of thiazole rings is 1. The van der Waals surface area contributed by atoms with E-state index in [1.54, 1.807) is 23.1 Å². The third-order valence-electron chi connectivity index (χ3n) is 4.26. The molecular formula is C20H14N4S2. The Hall–Kier alpha value is -2.70. The average molecular weight is 374 g/mol. The molecule has 0 aliphatic rings. The number of aromatic nitrogens is 4. The number of pyridine rings is 1. The fourth-order valence-corrected chi connectivity index (χ4v) is 4.75. The Morgan fingerprint density at radius 2 is 1.88 bits per heavy atom. The molecule has 3 aromatic heterocycles. The van der Waals surface area contributed by atoms with Gasteiger partial charge in [0.2, 0.25) is 4.96 Å². The predicted octanol–water partition coefficient (Wildman–Crippen LogP) is 5.30. The van der Waals surface area contributed by atoms with Gasteiger partial charge in [0.25, 0.3) is 0 Å². The molecule has 26 heavy (non-hydrogen) atoms. The molecule has 3 heterocycles. The van der Waals surface area contributed by atoms with Crippen molar-refractivity contribution in [3.05, 3.63) is 77.9 Å². The first-order chi connectivity index (χ1) is 12.9. The van der Waals surface area contributed by atoms with Crippen molar-refractivity contribution in [3.8, 4) is 11.3 Å². The van der Waals surface area contributed by atoms with Crippen LogP contribution in [0.3, 0.4) is 0 Å². The highest BCUT2D eigenvalue weighted by Gasteiger charge is 2.13. The Morgan fingerprint density at radius 3 is 2.81 bits per heavy atom. The predicted molar refractivity (Wildman–Crippen MR) is 108 cm³/mol. The summed E-state index contributed by atoms with van der Waals surface area (Å²) in [6.45, 7) is 0. The van der Waals surface area contributed by atoms with Crippen LogP contribution in [0.15, 0.2) is 77.5 Å². The van der Waals surface area contributed by atoms with E-state index in [0.29, 0.717) is 0 Å². The molecule has 0 spiro atoms. The van der Waals surface area contributed by atoms with Crippen LogP contribution in [0.25, 0.3) is 27.0 Å². The van der Waals surface area contributed by atoms with Crippen molar-refractivity contribution in [2.75, 3.05) is 0 Å². The maximum absolute atomic E-state index is 4.40. The molecule has 6 heteroatoms. The van der Waals surface area contributed by atoms with Gasteiger partial charge in [0.15, 0.2) is 5.16 Å². The standard InChI is InChI=1S/C20H14N4S2/c1-2-4-15(5-3-1)18-13-26-20-23-22-19(24(18)20)25-12-14-6-7-17-11-21-9-8-16(17)10-14/h1-11,13H,12H2. The van der Waals surface area contributed by atoms with Crippen LogP contribution >= 0.6 is 23.1 Å². The number of rotatable bonds is 4. The van der Waals surface area contributed by atoms with Gasteiger partial charge in [-0.15, -0.1) is 21.5 Å². The van der Waals surface area contributed by atoms with Gasteiger partial charge in [0.1, 0.15) is 0 Å². The van der Waals surface area contributed by atoms with Gasteiger partial charge in [-0.3, -0.25) is 9.38 Å². The van der Waals surface area contributed by atoms with E-state index in [1.165, 1.54) is 16.5 Å². The number of benzene rings is 2. The Morgan fingerprint density at radius 1 is 0.962 bits per heavy atom. The molecule has 0 aliphatic heterocycles. The topological polar surface area (TPSA) is 43.1 Å². The number of fused-ring (bicyclic) bond motifs is 2. The number of hydrogen-bond acceptors (Lipinski definition) is 5. The van der Waals surface area contributed by atoms with Crippen LogP contribution in [-0.4, -0.2) is 19.6 Å². The van der Waals surface area contributed by atoms with E-state index in [9.17, 15) is 0 Å². The second-order valence-electron chi connectivity index (χ2n) is 5.93. The maximum Gasteiger partial charge on any atom is 0.217 e. The Labute approximate surface area is 158 Å². The minimum Gasteiger partial charge on any atom is -0.264 e. The summed E-state index contributed by atoms with van der Waals surface area (Å²) in [5.41, 5.74) is 3.59. The van der Waals surface area contributed by atoms with Crippen molar-refractivity contribution in [1.29, 1.82) is 0 Å². The number of nitrogens with zero attached hydrogens (tertiary/aromatic N) is 4. The first kappa shape index (κ1) is 15.5. The van der Waals surface area contributed by atoms with Crippen molar-refractivity contribution < 1.29 is 0 Å². The minimum absolute atomic E-state index is 0.850. The molecule has 0 N–H and O–H groups in total. The highest BCUT2D eigenvalue weighted by Crippen LogP contribution is 2.31. The zero-order chi connectivity index (χ0) is 17.3. The molecule has 0 saturated carbocycles. The van der Waals surface area contributed by atoms with Gasteiger partial charge in [-0.25, -0.2) is 0 Å². The average Bonchev–Trinajstić information content (AvgIpc) is 3.29. The van der Waals surface area contributed by atoms with Crippen LogP contribution in [0.4, 0.5) is 0 Å². The van der Waals surface area contributed by atoms with Crippen LogP contribution < -0.4 is 0 Å². The second kappa shape index (κ2) is 6.55. The van der Waals surface area contributed by atoms with Gasteiger partial charge in [-0.2, -0.15) is 0 Å². The largest absolute Gasteiger partial charge is 0.264 e. The highest BCUT2D eigenvalue weighted by molar-refractivity contribution is 7.98. The van der Waals surface area contributed by atoms with Crippen molar-refractivity contribution >= 4 is 38.8 Å². The van der Waals surface area contributed by atoms with Crippen LogP contribution in [0.1, 0.15) is 5.56 Å². The second-order valence-corrected chi connectivity index (χ2v) is 7.71. The molecule has 0 radical (unpaired) electrons. The minimum atomic E-state index is 0.850. The van der Waals surface area contributed by atoms with Gasteiger partial charge in [-0.05, 0) is 22.6 Å². The first-order valence-electron chi connectivity index (χ1n) is 8.22. The molecule has 0 bridgehead atoms. The summed E-state index contributed by atoms with van der Waals surface area (Å²) in [4.78, 5) is 5.10. The summed E-state index contributed by atoms with van der Waals surface area (Å²) in [5, 5.41) is 14.2. The highest BCUT2D eigenvalue weighted by atomic mass is 32.2. The summed E-state index contributed by atoms with van der Waals surface area (Å²) in [6, 6.07) is 18.9. The molecule has 4 nitrogen and oxygen atoms in total. The molecule has 0 fully saturated rings. The molecule has 0 atom stereocenters. The van der Waals surface area contributed by atoms with E-state index in [-0.39, 0.29) is 0 Å². The van der Waals surface area contributed by atoms with E-state index < -0.39 is 0 Å². The molecule has 5 rings (SSSR count). The SMILES string of the molecule is c1ccc(-c2csc3nnc(SCc4ccc5cnccc5c4)n23)cc1. The molecule has 0 saturated heterocycles. The van der Waals surface area contributed by atoms with Crippen LogP contribution in [-0.2, 0) is 5.75 Å². The zero-order valence-electron chi connectivity index (χ0n) is 13.7. The number of thioether (sulfide) groups is 1. The van der Waals surface area contributed by atoms with Crippen LogP contribution in [0, 0.1) is 0 Å². The normalized spacial score (nSPS) is 11.4. The molecule has 0 amide bonds. The molecule has 5 aromatic rings. The smallest absolute Gasteiger partial charge is 0.217 e. The lowest BCUT2D eigenvalue weighted by Gasteiger charge is -2.04. The molecule has 0 unspecified atom stereocenters. The molecule has 0 aliphatic carbocycles. The Kier molecular flexibility index (Phi) is 3.92. The first-order valence-corrected chi connectivity index (χ1v) is 10.1. The lowest BCUT2D eigenvalue weighted by molar-refractivity contribution is 0.927. The fraction of sp³-hybridized carbons (Fsp3) is 0.0500. The van der Waals surface area contributed by atoms with E-state index in [0.717, 1.165) is 27.0 Å². The Balaban J connectivity index is 1.47. The van der Waals surface area contributed by atoms with E-state index >= 15 is 0 Å². The fourth-order valence-electron chi connectivity index (χ4n) is 2.97. The van der Waals surface area contributed by atoms with E-state index in [2.05, 4.69) is 67.4 Å². The quantitative estimate of drug-likeness (QED) is 0.401. The summed E-state index contributed by atoms with van der Waals surface area (Å²) in [5.74, 6) is 0.850. The van der Waals surface area contributed by atoms with E-state index in [1.807, 2.05) is 24.5 Å². The van der Waals surface area contributed by atoms with Crippen molar-refractivity contribution in [2.45, 2.75) is 10.9 Å². The lowest BCUT2D eigenvalue weighted by atomic mass is 10.1. The number of hydrogen-bond donors (Lipinski definition) is 0. The summed E-state index contributed by atoms with van der Waals surface area (Å²) >= 11 is 3.33. The van der Waals surface area contributed by atoms with Crippen LogP contribution in [0.2, 0.25) is 0 Å². The third kappa shape index (κ3) is 2.77. The van der Waals surface area contributed by atoms with Gasteiger partial charge in [-0.1, -0.05) is 60.3 Å². The summed E-state index contributed by atoms with van der Waals surface area (Å²) < 4.78 is 2.15.